The van der Waals surface area contributed by atoms with Gasteiger partial charge in [-0.25, -0.2) is 4.39 Å². The van der Waals surface area contributed by atoms with Crippen molar-refractivity contribution in [3.63, 3.8) is 0 Å². The number of aryl methyl sites for hydroxylation is 1. The second kappa shape index (κ2) is 4.80. The van der Waals surface area contributed by atoms with Crippen molar-refractivity contribution in [2.45, 2.75) is 32.7 Å². The van der Waals surface area contributed by atoms with Gasteiger partial charge in [0.25, 0.3) is 0 Å². The highest BCUT2D eigenvalue weighted by molar-refractivity contribution is 5.79. The summed E-state index contributed by atoms with van der Waals surface area (Å²) in [6.45, 7) is 4.05. The number of hydrogen-bond donors (Lipinski definition) is 1. The van der Waals surface area contributed by atoms with Gasteiger partial charge in [-0.3, -0.25) is 4.98 Å². The molecule has 0 aliphatic rings. The van der Waals surface area contributed by atoms with E-state index in [1.165, 1.54) is 12.1 Å². The summed E-state index contributed by atoms with van der Waals surface area (Å²) in [4.78, 5) is 4.53. The van der Waals surface area contributed by atoms with Gasteiger partial charge in [-0.1, -0.05) is 13.3 Å². The van der Waals surface area contributed by atoms with E-state index in [1.54, 1.807) is 6.07 Å². The average Bonchev–Trinajstić information content (AvgIpc) is 2.28. The number of benzene rings is 1. The van der Waals surface area contributed by atoms with Gasteiger partial charge in [-0.15, -0.1) is 0 Å². The quantitative estimate of drug-likeness (QED) is 0.881. The standard InChI is InChI=1S/C14H17FN2/c1-3-4-13-12(9(2)16)7-10-5-6-11(15)8-14(10)17-13/h5-9H,3-4,16H2,1-2H3. The van der Waals surface area contributed by atoms with Crippen molar-refractivity contribution in [3.8, 4) is 0 Å². The molecule has 0 bridgehead atoms. The fourth-order valence-corrected chi connectivity index (χ4v) is 2.03. The van der Waals surface area contributed by atoms with E-state index in [0.29, 0.717) is 5.52 Å². The van der Waals surface area contributed by atoms with Crippen LogP contribution in [0.2, 0.25) is 0 Å². The van der Waals surface area contributed by atoms with E-state index >= 15 is 0 Å². The summed E-state index contributed by atoms with van der Waals surface area (Å²) in [6.07, 6.45) is 1.89. The first-order valence-electron chi connectivity index (χ1n) is 5.96. The molecule has 2 rings (SSSR count). The van der Waals surface area contributed by atoms with Gasteiger partial charge >= 0.3 is 0 Å². The van der Waals surface area contributed by atoms with Gasteiger partial charge in [0.1, 0.15) is 5.82 Å². The molecule has 1 aromatic heterocycles. The highest BCUT2D eigenvalue weighted by Gasteiger charge is 2.10. The topological polar surface area (TPSA) is 38.9 Å². The Bertz CT molecular complexity index is 535. The molecule has 0 radical (unpaired) electrons. The van der Waals surface area contributed by atoms with Gasteiger partial charge < -0.3 is 5.73 Å². The third-order valence-corrected chi connectivity index (χ3v) is 2.87. The lowest BCUT2D eigenvalue weighted by Gasteiger charge is -2.13. The Balaban J connectivity index is 2.63. The van der Waals surface area contributed by atoms with E-state index in [1.807, 2.05) is 13.0 Å². The van der Waals surface area contributed by atoms with Crippen LogP contribution in [0.15, 0.2) is 24.3 Å². The lowest BCUT2D eigenvalue weighted by Crippen LogP contribution is -2.10. The summed E-state index contributed by atoms with van der Waals surface area (Å²) in [7, 11) is 0. The Kier molecular flexibility index (Phi) is 3.38. The van der Waals surface area contributed by atoms with Crippen molar-refractivity contribution >= 4 is 10.9 Å². The minimum absolute atomic E-state index is 0.0431. The van der Waals surface area contributed by atoms with Crippen LogP contribution < -0.4 is 5.73 Å². The number of nitrogens with zero attached hydrogens (tertiary/aromatic N) is 1. The van der Waals surface area contributed by atoms with Gasteiger partial charge in [-0.05, 0) is 37.1 Å². The molecule has 2 N–H and O–H groups in total. The third kappa shape index (κ3) is 2.44. The molecule has 1 atom stereocenters. The number of nitrogens with two attached hydrogens (primary N) is 1. The van der Waals surface area contributed by atoms with E-state index in [2.05, 4.69) is 11.9 Å². The van der Waals surface area contributed by atoms with Crippen LogP contribution in [0.3, 0.4) is 0 Å². The molecule has 2 nitrogen and oxygen atoms in total. The first-order valence-corrected chi connectivity index (χ1v) is 5.96. The van der Waals surface area contributed by atoms with Crippen molar-refractivity contribution < 1.29 is 4.39 Å². The van der Waals surface area contributed by atoms with Crippen molar-refractivity contribution in [1.82, 2.24) is 4.98 Å². The van der Waals surface area contributed by atoms with E-state index in [4.69, 9.17) is 5.73 Å². The van der Waals surface area contributed by atoms with E-state index in [0.717, 1.165) is 29.5 Å². The molecule has 0 aliphatic heterocycles. The molecule has 0 spiro atoms. The molecule has 0 aliphatic carbocycles. The number of halogens is 1. The number of pyridine rings is 1. The van der Waals surface area contributed by atoms with Crippen LogP contribution in [0, 0.1) is 5.82 Å². The molecule has 1 aromatic carbocycles. The summed E-state index contributed by atoms with van der Waals surface area (Å²) < 4.78 is 13.1. The maximum Gasteiger partial charge on any atom is 0.125 e. The maximum absolute atomic E-state index is 13.1. The Morgan fingerprint density at radius 2 is 2.12 bits per heavy atom. The molecule has 0 saturated carbocycles. The molecular weight excluding hydrogens is 215 g/mol. The fourth-order valence-electron chi connectivity index (χ4n) is 2.03. The number of fused-ring (bicyclic) bond motifs is 1. The molecule has 1 unspecified atom stereocenters. The monoisotopic (exact) mass is 232 g/mol. The molecule has 1 heterocycles. The summed E-state index contributed by atoms with van der Waals surface area (Å²) in [5.41, 5.74) is 8.71. The number of rotatable bonds is 3. The van der Waals surface area contributed by atoms with E-state index in [-0.39, 0.29) is 11.9 Å². The second-order valence-electron chi connectivity index (χ2n) is 4.40. The Hall–Kier alpha value is -1.48. The zero-order valence-corrected chi connectivity index (χ0v) is 10.2. The Morgan fingerprint density at radius 1 is 1.35 bits per heavy atom. The normalized spacial score (nSPS) is 12.9. The van der Waals surface area contributed by atoms with Crippen molar-refractivity contribution in [2.24, 2.45) is 5.73 Å². The zero-order chi connectivity index (χ0) is 12.4. The number of hydrogen-bond acceptors (Lipinski definition) is 2. The van der Waals surface area contributed by atoms with Gasteiger partial charge in [0.2, 0.25) is 0 Å². The average molecular weight is 232 g/mol. The van der Waals surface area contributed by atoms with Crippen LogP contribution in [-0.4, -0.2) is 4.98 Å². The molecule has 90 valence electrons. The largest absolute Gasteiger partial charge is 0.324 e. The Labute approximate surface area is 101 Å². The van der Waals surface area contributed by atoms with Crippen LogP contribution in [0.5, 0.6) is 0 Å². The van der Waals surface area contributed by atoms with E-state index in [9.17, 15) is 4.39 Å². The van der Waals surface area contributed by atoms with Crippen LogP contribution in [-0.2, 0) is 6.42 Å². The molecular formula is C14H17FN2. The summed E-state index contributed by atoms with van der Waals surface area (Å²) in [5.74, 6) is -0.249. The fraction of sp³-hybridized carbons (Fsp3) is 0.357. The molecule has 0 fully saturated rings. The van der Waals surface area contributed by atoms with Gasteiger partial charge in [0, 0.05) is 23.2 Å². The van der Waals surface area contributed by atoms with Gasteiger partial charge in [0.05, 0.1) is 5.52 Å². The Morgan fingerprint density at radius 3 is 2.76 bits per heavy atom. The molecule has 0 saturated heterocycles. The number of aromatic nitrogens is 1. The lowest BCUT2D eigenvalue weighted by molar-refractivity contribution is 0.629. The van der Waals surface area contributed by atoms with Crippen molar-refractivity contribution in [3.05, 3.63) is 41.3 Å². The summed E-state index contributed by atoms with van der Waals surface area (Å²) in [6, 6.07) is 6.66. The smallest absolute Gasteiger partial charge is 0.125 e. The van der Waals surface area contributed by atoms with Crippen LogP contribution in [0.4, 0.5) is 4.39 Å². The van der Waals surface area contributed by atoms with E-state index < -0.39 is 0 Å². The van der Waals surface area contributed by atoms with Crippen molar-refractivity contribution in [2.75, 3.05) is 0 Å². The maximum atomic E-state index is 13.1. The SMILES string of the molecule is CCCc1nc2cc(F)ccc2cc1C(C)N. The lowest BCUT2D eigenvalue weighted by atomic mass is 10.0. The van der Waals surface area contributed by atoms with Crippen LogP contribution in [0.25, 0.3) is 10.9 Å². The highest BCUT2D eigenvalue weighted by atomic mass is 19.1. The summed E-state index contributed by atoms with van der Waals surface area (Å²) in [5, 5.41) is 0.943. The molecule has 17 heavy (non-hydrogen) atoms. The summed E-state index contributed by atoms with van der Waals surface area (Å²) >= 11 is 0. The van der Waals surface area contributed by atoms with Gasteiger partial charge in [0.15, 0.2) is 0 Å². The first-order chi connectivity index (χ1) is 8.11. The van der Waals surface area contributed by atoms with Crippen molar-refractivity contribution in [1.29, 1.82) is 0 Å². The third-order valence-electron chi connectivity index (χ3n) is 2.87. The minimum atomic E-state index is -0.249. The van der Waals surface area contributed by atoms with Gasteiger partial charge in [-0.2, -0.15) is 0 Å². The van der Waals surface area contributed by atoms with Crippen LogP contribution in [0.1, 0.15) is 37.6 Å². The minimum Gasteiger partial charge on any atom is -0.324 e. The molecule has 2 aromatic rings. The first kappa shape index (κ1) is 12.0. The highest BCUT2D eigenvalue weighted by Crippen LogP contribution is 2.22. The zero-order valence-electron chi connectivity index (χ0n) is 10.2. The predicted molar refractivity (Wildman–Crippen MR) is 68.3 cm³/mol. The predicted octanol–water partition coefficient (Wildman–Crippen LogP) is 3.35. The molecule has 0 amide bonds. The van der Waals surface area contributed by atoms with Crippen LogP contribution >= 0.6 is 0 Å². The second-order valence-corrected chi connectivity index (χ2v) is 4.40. The molecule has 3 heteroatoms.